The fourth-order valence-electron chi connectivity index (χ4n) is 12.8. The van der Waals surface area contributed by atoms with Crippen molar-refractivity contribution in [3.05, 3.63) is 155 Å². The molecule has 4 aliphatic rings. The number of hydrogen-bond donors (Lipinski definition) is 0. The van der Waals surface area contributed by atoms with Crippen molar-refractivity contribution in [1.82, 2.24) is 0 Å². The molecule has 3 atom stereocenters. The minimum absolute atomic E-state index is 0.0544. The first kappa shape index (κ1) is 43.7. The molecule has 63 heavy (non-hydrogen) atoms. The zero-order valence-electron chi connectivity index (χ0n) is 36.4. The van der Waals surface area contributed by atoms with E-state index in [0.717, 1.165) is 35.1 Å². The van der Waals surface area contributed by atoms with Crippen LogP contribution in [0.4, 0.5) is 13.2 Å². The van der Waals surface area contributed by atoms with Gasteiger partial charge in [-0.05, 0) is 0 Å². The van der Waals surface area contributed by atoms with Crippen LogP contribution in [0.1, 0.15) is 113 Å². The van der Waals surface area contributed by atoms with E-state index in [1.807, 2.05) is 0 Å². The number of benzene rings is 6. The number of halogens is 5. The van der Waals surface area contributed by atoms with Gasteiger partial charge in [-0.1, -0.05) is 0 Å². The summed E-state index contributed by atoms with van der Waals surface area (Å²) in [5.74, 6) is -1.57. The number of alkyl halides is 3. The number of rotatable bonds is 11. The van der Waals surface area contributed by atoms with Crippen molar-refractivity contribution in [3.8, 4) is 22.3 Å². The summed E-state index contributed by atoms with van der Waals surface area (Å²) in [6.07, 6.45) is 13.6. The average Bonchev–Trinajstić information content (AvgIpc) is 3.87. The fraction of sp³-hybridized carbons (Fsp3) is 0.357. The second kappa shape index (κ2) is 17.5. The van der Waals surface area contributed by atoms with E-state index in [1.165, 1.54) is 119 Å². The van der Waals surface area contributed by atoms with Crippen molar-refractivity contribution in [2.24, 2.45) is 11.8 Å². The third-order valence-corrected chi connectivity index (χ3v) is 66.0. The topological polar surface area (TPSA) is 0 Å². The van der Waals surface area contributed by atoms with Crippen LogP contribution in [0, 0.1) is 11.8 Å². The van der Waals surface area contributed by atoms with Crippen LogP contribution in [0.25, 0.3) is 56.0 Å². The van der Waals surface area contributed by atoms with Gasteiger partial charge in [0, 0.05) is 0 Å². The van der Waals surface area contributed by atoms with Crippen LogP contribution in [-0.4, -0.2) is 12.1 Å². The summed E-state index contributed by atoms with van der Waals surface area (Å²) in [6.45, 7) is 2.16. The van der Waals surface area contributed by atoms with E-state index >= 15 is 0 Å². The normalized spacial score (nSPS) is 20.8. The van der Waals surface area contributed by atoms with Crippen molar-refractivity contribution >= 4 is 56.6 Å². The first-order valence-corrected chi connectivity index (χ1v) is 39.7. The van der Waals surface area contributed by atoms with Gasteiger partial charge in [-0.25, -0.2) is 0 Å². The standard InChI is InChI=1S/2C26H25.C4H8F3Si.2ClH.Zr/c2*1-2-8-19(9-3-1)16-20-17-22-12-7-15-25(26(22)18-20)24-14-6-11-21-10-4-5-13-23(21)24;1-8-3-2-4(5,6)7;;;/h2*4-7,10-15,17-19H,1-3,8-9,16H2;8H,2-3H2,1H3;2*1H;/q;;;;;+2/p-2. The van der Waals surface area contributed by atoms with Crippen LogP contribution < -0.4 is 0 Å². The van der Waals surface area contributed by atoms with Crippen LogP contribution in [0.2, 0.25) is 12.6 Å². The molecule has 0 saturated heterocycles. The molecule has 0 radical (unpaired) electrons. The van der Waals surface area contributed by atoms with Gasteiger partial charge in [-0.15, -0.1) is 0 Å². The Morgan fingerprint density at radius 1 is 0.524 bits per heavy atom. The molecule has 0 spiro atoms. The van der Waals surface area contributed by atoms with Crippen LogP contribution in [0.5, 0.6) is 0 Å². The molecule has 4 aliphatic carbocycles. The van der Waals surface area contributed by atoms with Crippen LogP contribution in [0.15, 0.2) is 132 Å². The van der Waals surface area contributed by atoms with Crippen molar-refractivity contribution in [2.75, 3.05) is 0 Å². The maximum absolute atomic E-state index is 14.6. The molecule has 0 amide bonds. The molecule has 325 valence electrons. The Labute approximate surface area is 380 Å². The van der Waals surface area contributed by atoms with E-state index < -0.39 is 34.1 Å². The number of allylic oxidation sites excluding steroid dienone is 2. The average molecular weight is 978 g/mol. The van der Waals surface area contributed by atoms with Gasteiger partial charge in [-0.3, -0.25) is 0 Å². The van der Waals surface area contributed by atoms with E-state index in [1.54, 1.807) is 0 Å². The number of hydrogen-bond acceptors (Lipinski definition) is 0. The summed E-state index contributed by atoms with van der Waals surface area (Å²) in [6, 6.07) is 43.6. The summed E-state index contributed by atoms with van der Waals surface area (Å²) >= 11 is -5.75. The minimum atomic E-state index is -5.75. The first-order chi connectivity index (χ1) is 30.5. The predicted molar refractivity (Wildman–Crippen MR) is 263 cm³/mol. The van der Waals surface area contributed by atoms with E-state index in [2.05, 4.69) is 140 Å². The molecule has 6 aromatic rings. The Balaban J connectivity index is 1.22. The van der Waals surface area contributed by atoms with Gasteiger partial charge >= 0.3 is 384 Å². The third-order valence-electron chi connectivity index (χ3n) is 15.9. The molecule has 0 N–H and O–H groups in total. The summed E-state index contributed by atoms with van der Waals surface area (Å²) in [4.78, 5) is 0. The molecule has 2 saturated carbocycles. The molecule has 0 heterocycles. The van der Waals surface area contributed by atoms with Crippen molar-refractivity contribution in [3.63, 3.8) is 0 Å². The van der Waals surface area contributed by atoms with E-state index in [4.69, 9.17) is 17.0 Å². The van der Waals surface area contributed by atoms with Gasteiger partial charge < -0.3 is 0 Å². The maximum atomic E-state index is 14.6. The Bertz CT molecular complexity index is 2560. The zero-order chi connectivity index (χ0) is 43.4. The molecular formula is C56H58Cl2F3SiZr. The Morgan fingerprint density at radius 3 is 1.37 bits per heavy atom. The van der Waals surface area contributed by atoms with Crippen molar-refractivity contribution in [1.29, 1.82) is 0 Å². The molecule has 6 aromatic carbocycles. The van der Waals surface area contributed by atoms with E-state index in [9.17, 15) is 13.2 Å². The molecule has 0 bridgehead atoms. The van der Waals surface area contributed by atoms with Gasteiger partial charge in [0.25, 0.3) is 0 Å². The van der Waals surface area contributed by atoms with Crippen LogP contribution in [-0.2, 0) is 15.6 Å². The van der Waals surface area contributed by atoms with Gasteiger partial charge in [0.1, 0.15) is 0 Å². The van der Waals surface area contributed by atoms with Gasteiger partial charge in [-0.2, -0.15) is 0 Å². The van der Waals surface area contributed by atoms with Gasteiger partial charge in [0.15, 0.2) is 0 Å². The van der Waals surface area contributed by atoms with Gasteiger partial charge in [0.2, 0.25) is 0 Å². The summed E-state index contributed by atoms with van der Waals surface area (Å²) in [5, 5.41) is 4.75. The SMILES string of the molecule is C[SiH](CCC(F)(F)F)[Zr]([Cl])([Cl])([CH]1C(CC2CCCCC2)=Cc2c(-c3cccc4ccccc34)cccc21)[CH]1C(CC2CCCCC2)=Cc2c(-c3cccc4ccccc34)cccc21. The van der Waals surface area contributed by atoms with Crippen molar-refractivity contribution < 1.29 is 28.7 Å². The monoisotopic (exact) mass is 975 g/mol. The van der Waals surface area contributed by atoms with E-state index in [-0.39, 0.29) is 13.3 Å². The molecule has 3 unspecified atom stereocenters. The summed E-state index contributed by atoms with van der Waals surface area (Å²) in [5.41, 5.74) is 11.9. The van der Waals surface area contributed by atoms with Crippen LogP contribution in [0.3, 0.4) is 0 Å². The molecule has 0 aromatic heterocycles. The molecule has 0 aliphatic heterocycles. The van der Waals surface area contributed by atoms with Crippen LogP contribution >= 0.6 is 17.0 Å². The quantitative estimate of drug-likeness (QED) is 0.114. The Morgan fingerprint density at radius 2 is 0.921 bits per heavy atom. The van der Waals surface area contributed by atoms with E-state index in [0.29, 0.717) is 11.8 Å². The summed E-state index contributed by atoms with van der Waals surface area (Å²) < 4.78 is 43.3. The Hall–Kier alpha value is -3.21. The molecule has 7 heteroatoms. The second-order valence-corrected chi connectivity index (χ2v) is 61.0. The summed E-state index contributed by atoms with van der Waals surface area (Å²) in [7, 11) is 18.3. The predicted octanol–water partition coefficient (Wildman–Crippen LogP) is 18.1. The molecule has 2 fully saturated rings. The molecular weight excluding hydrogens is 920 g/mol. The number of fused-ring (bicyclic) bond motifs is 4. The molecule has 0 nitrogen and oxygen atoms in total. The first-order valence-electron chi connectivity index (χ1n) is 23.7. The zero-order valence-corrected chi connectivity index (χ0v) is 41.5. The third kappa shape index (κ3) is 8.12. The molecule has 10 rings (SSSR count). The Kier molecular flexibility index (Phi) is 12.2. The second-order valence-electron chi connectivity index (χ2n) is 19.7. The fourth-order valence-corrected chi connectivity index (χ4v) is 52.9. The van der Waals surface area contributed by atoms with Crippen molar-refractivity contribution in [2.45, 2.75) is 109 Å². The van der Waals surface area contributed by atoms with Gasteiger partial charge in [0.05, 0.1) is 0 Å².